The Labute approximate surface area is 163 Å². The zero-order valence-electron chi connectivity index (χ0n) is 15.4. The smallest absolute Gasteiger partial charge is 0.327 e. The highest BCUT2D eigenvalue weighted by atomic mass is 35.5. The van der Waals surface area contributed by atoms with E-state index in [1.807, 2.05) is 17.0 Å². The Morgan fingerprint density at radius 2 is 1.85 bits per heavy atom. The maximum atomic E-state index is 12.5. The number of hydrogen-bond acceptors (Lipinski definition) is 4. The van der Waals surface area contributed by atoms with Crippen LogP contribution in [0.25, 0.3) is 0 Å². The lowest BCUT2D eigenvalue weighted by Crippen LogP contribution is -2.48. The maximum Gasteiger partial charge on any atom is 0.327 e. The van der Waals surface area contributed by atoms with Crippen molar-refractivity contribution >= 4 is 29.4 Å². The Hall–Kier alpha value is -2.12. The lowest BCUT2D eigenvalue weighted by atomic mass is 10.0. The Balaban J connectivity index is 1.51. The Morgan fingerprint density at radius 3 is 2.48 bits per heavy atom. The van der Waals surface area contributed by atoms with Crippen LogP contribution in [0.15, 0.2) is 24.3 Å². The van der Waals surface area contributed by atoms with Crippen LogP contribution < -0.4 is 0 Å². The minimum Gasteiger partial charge on any atom is -0.383 e. The number of nitrogens with zero attached hydrogens (tertiary/aromatic N) is 3. The molecule has 0 spiro atoms. The average molecular weight is 394 g/mol. The first-order chi connectivity index (χ1) is 13.0. The van der Waals surface area contributed by atoms with Gasteiger partial charge in [-0.2, -0.15) is 0 Å². The van der Waals surface area contributed by atoms with Crippen molar-refractivity contribution in [3.05, 3.63) is 34.9 Å². The van der Waals surface area contributed by atoms with Gasteiger partial charge >= 0.3 is 6.03 Å². The number of amides is 4. The second kappa shape index (κ2) is 8.71. The normalized spacial score (nSPS) is 18.5. The molecule has 0 atom stereocenters. The number of benzene rings is 1. The van der Waals surface area contributed by atoms with Crippen molar-refractivity contribution in [3.63, 3.8) is 0 Å². The summed E-state index contributed by atoms with van der Waals surface area (Å²) in [5.74, 6) is -0.111. The first kappa shape index (κ1) is 19.6. The second-order valence-corrected chi connectivity index (χ2v) is 7.30. The molecule has 8 heteroatoms. The van der Waals surface area contributed by atoms with Gasteiger partial charge in [-0.05, 0) is 30.5 Å². The van der Waals surface area contributed by atoms with Gasteiger partial charge in [0.1, 0.15) is 6.54 Å². The summed E-state index contributed by atoms with van der Waals surface area (Å²) in [7, 11) is 1.54. The van der Waals surface area contributed by atoms with E-state index in [-0.39, 0.29) is 37.0 Å². The molecule has 0 aliphatic carbocycles. The van der Waals surface area contributed by atoms with Gasteiger partial charge in [0, 0.05) is 31.3 Å². The number of likely N-dealkylation sites (tertiary alicyclic amines) is 1. The van der Waals surface area contributed by atoms with E-state index in [9.17, 15) is 14.4 Å². The summed E-state index contributed by atoms with van der Waals surface area (Å²) < 4.78 is 4.96. The van der Waals surface area contributed by atoms with Crippen molar-refractivity contribution in [2.45, 2.75) is 25.3 Å². The number of hydrogen-bond donors (Lipinski definition) is 0. The van der Waals surface area contributed by atoms with Crippen LogP contribution in [-0.4, -0.2) is 78.5 Å². The Bertz CT molecular complexity index is 701. The van der Waals surface area contributed by atoms with Crippen molar-refractivity contribution in [1.82, 2.24) is 14.7 Å². The first-order valence-corrected chi connectivity index (χ1v) is 9.49. The third-order valence-electron chi connectivity index (χ3n) is 5.13. The largest absolute Gasteiger partial charge is 0.383 e. The number of methoxy groups -OCH3 is 1. The van der Waals surface area contributed by atoms with Crippen molar-refractivity contribution in [3.8, 4) is 0 Å². The predicted octanol–water partition coefficient (Wildman–Crippen LogP) is 1.78. The highest BCUT2D eigenvalue weighted by molar-refractivity contribution is 6.30. The van der Waals surface area contributed by atoms with Crippen molar-refractivity contribution in [2.24, 2.45) is 0 Å². The molecule has 2 aliphatic rings. The number of carbonyl (C=O) groups excluding carboxylic acids is 3. The van der Waals surface area contributed by atoms with Gasteiger partial charge in [0.2, 0.25) is 11.8 Å². The van der Waals surface area contributed by atoms with Gasteiger partial charge in [0.15, 0.2) is 0 Å². The third kappa shape index (κ3) is 4.59. The summed E-state index contributed by atoms with van der Waals surface area (Å²) in [6.07, 6.45) is 1.71. The van der Waals surface area contributed by atoms with E-state index in [1.54, 1.807) is 24.1 Å². The van der Waals surface area contributed by atoms with Gasteiger partial charge in [-0.25, -0.2) is 4.79 Å². The molecule has 2 aliphatic heterocycles. The lowest BCUT2D eigenvalue weighted by molar-refractivity contribution is -0.132. The van der Waals surface area contributed by atoms with E-state index in [2.05, 4.69) is 0 Å². The number of carbonyl (C=O) groups is 3. The van der Waals surface area contributed by atoms with Gasteiger partial charge in [0.25, 0.3) is 0 Å². The number of urea groups is 1. The van der Waals surface area contributed by atoms with Crippen LogP contribution in [0.5, 0.6) is 0 Å². The molecule has 0 radical (unpaired) electrons. The fourth-order valence-corrected chi connectivity index (χ4v) is 3.69. The molecular formula is C19H24ClN3O4. The van der Waals surface area contributed by atoms with E-state index in [0.717, 1.165) is 5.56 Å². The van der Waals surface area contributed by atoms with E-state index in [0.29, 0.717) is 44.0 Å². The quantitative estimate of drug-likeness (QED) is 0.691. The Kier molecular flexibility index (Phi) is 6.34. The molecule has 146 valence electrons. The summed E-state index contributed by atoms with van der Waals surface area (Å²) in [6, 6.07) is 7.02. The van der Waals surface area contributed by atoms with Crippen LogP contribution in [0.1, 0.15) is 18.4 Å². The number of ether oxygens (including phenoxy) is 1. The van der Waals surface area contributed by atoms with Gasteiger partial charge in [-0.3, -0.25) is 14.5 Å². The van der Waals surface area contributed by atoms with Crippen LogP contribution >= 0.6 is 11.6 Å². The summed E-state index contributed by atoms with van der Waals surface area (Å²) in [5, 5.41) is 0.649. The second-order valence-electron chi connectivity index (χ2n) is 6.86. The fraction of sp³-hybridized carbons (Fsp3) is 0.526. The molecule has 0 bridgehead atoms. The molecule has 3 rings (SSSR count). The topological polar surface area (TPSA) is 70.2 Å². The molecule has 4 amide bonds. The van der Waals surface area contributed by atoms with Crippen LogP contribution in [0.2, 0.25) is 5.02 Å². The first-order valence-electron chi connectivity index (χ1n) is 9.11. The van der Waals surface area contributed by atoms with Crippen molar-refractivity contribution in [1.29, 1.82) is 0 Å². The molecule has 0 N–H and O–H groups in total. The summed E-state index contributed by atoms with van der Waals surface area (Å²) in [6.45, 7) is 1.91. The molecular weight excluding hydrogens is 370 g/mol. The SMILES string of the molecule is COCCN1C(=O)CN(C2CCN(C(=O)Cc3ccc(Cl)cc3)CC2)C1=O. The standard InChI is InChI=1S/C19H24ClN3O4/c1-27-11-10-22-18(25)13-23(19(22)26)16-6-8-21(9-7-16)17(24)12-14-2-4-15(20)5-3-14/h2-5,16H,6-13H2,1H3. The minimum absolute atomic E-state index is 0.00595. The highest BCUT2D eigenvalue weighted by Gasteiger charge is 2.40. The van der Waals surface area contributed by atoms with E-state index < -0.39 is 0 Å². The number of halogens is 1. The van der Waals surface area contributed by atoms with Crippen LogP contribution in [0.4, 0.5) is 4.79 Å². The number of rotatable bonds is 6. The molecule has 2 heterocycles. The van der Waals surface area contributed by atoms with E-state index in [4.69, 9.17) is 16.3 Å². The summed E-state index contributed by atoms with van der Waals surface area (Å²) in [5.41, 5.74) is 0.931. The average Bonchev–Trinajstić information content (AvgIpc) is 2.96. The third-order valence-corrected chi connectivity index (χ3v) is 5.38. The molecule has 2 saturated heterocycles. The molecule has 27 heavy (non-hydrogen) atoms. The van der Waals surface area contributed by atoms with Gasteiger partial charge in [0.05, 0.1) is 19.6 Å². The Morgan fingerprint density at radius 1 is 1.19 bits per heavy atom. The molecule has 7 nitrogen and oxygen atoms in total. The molecule has 0 saturated carbocycles. The highest BCUT2D eigenvalue weighted by Crippen LogP contribution is 2.22. The summed E-state index contributed by atoms with van der Waals surface area (Å²) >= 11 is 5.87. The number of imide groups is 1. The zero-order chi connectivity index (χ0) is 19.4. The van der Waals surface area contributed by atoms with E-state index in [1.165, 1.54) is 4.90 Å². The zero-order valence-corrected chi connectivity index (χ0v) is 16.2. The molecule has 1 aromatic carbocycles. The molecule has 2 fully saturated rings. The number of piperidine rings is 1. The molecule has 0 aromatic heterocycles. The lowest BCUT2D eigenvalue weighted by Gasteiger charge is -2.36. The summed E-state index contributed by atoms with van der Waals surface area (Å²) in [4.78, 5) is 41.8. The van der Waals surface area contributed by atoms with Crippen LogP contribution in [0, 0.1) is 0 Å². The van der Waals surface area contributed by atoms with Gasteiger partial charge in [-0.1, -0.05) is 23.7 Å². The maximum absolute atomic E-state index is 12.5. The predicted molar refractivity (Wildman–Crippen MR) is 100 cm³/mol. The van der Waals surface area contributed by atoms with Crippen LogP contribution in [0.3, 0.4) is 0 Å². The van der Waals surface area contributed by atoms with Crippen LogP contribution in [-0.2, 0) is 20.7 Å². The minimum atomic E-state index is -0.247. The van der Waals surface area contributed by atoms with Gasteiger partial charge in [-0.15, -0.1) is 0 Å². The van der Waals surface area contributed by atoms with E-state index >= 15 is 0 Å². The molecule has 1 aromatic rings. The van der Waals surface area contributed by atoms with Crippen molar-refractivity contribution in [2.75, 3.05) is 39.9 Å². The monoisotopic (exact) mass is 393 g/mol. The van der Waals surface area contributed by atoms with Crippen molar-refractivity contribution < 1.29 is 19.1 Å². The molecule has 0 unspecified atom stereocenters. The fourth-order valence-electron chi connectivity index (χ4n) is 3.56. The van der Waals surface area contributed by atoms with Gasteiger partial charge < -0.3 is 14.5 Å².